The lowest BCUT2D eigenvalue weighted by atomic mass is 10.0. The minimum absolute atomic E-state index is 0.0563. The monoisotopic (exact) mass is 684 g/mol. The van der Waals surface area contributed by atoms with Gasteiger partial charge in [-0.1, -0.05) is 25.5 Å². The van der Waals surface area contributed by atoms with E-state index in [-0.39, 0.29) is 45.0 Å². The molecule has 2 rings (SSSR count). The van der Waals surface area contributed by atoms with Crippen molar-refractivity contribution in [3.05, 3.63) is 11.6 Å². The highest BCUT2D eigenvalue weighted by molar-refractivity contribution is 5.92. The number of primary amides is 1. The van der Waals surface area contributed by atoms with E-state index in [0.717, 1.165) is 12.8 Å². The number of rotatable bonds is 25. The predicted molar refractivity (Wildman–Crippen MR) is 175 cm³/mol. The molecule has 1 fully saturated rings. The average Bonchev–Trinajstić information content (AvgIpc) is 3.69. The summed E-state index contributed by atoms with van der Waals surface area (Å²) in [6.07, 6.45) is 6.02. The molecule has 4 amide bonds. The topological polar surface area (TPSA) is 214 Å². The van der Waals surface area contributed by atoms with E-state index in [4.69, 9.17) is 34.5 Å². The van der Waals surface area contributed by atoms with E-state index in [1.165, 1.54) is 18.4 Å². The first kappa shape index (κ1) is 40.9. The Morgan fingerprint density at radius 3 is 2.08 bits per heavy atom. The van der Waals surface area contributed by atoms with Crippen molar-refractivity contribution in [1.29, 1.82) is 0 Å². The second-order valence-corrected chi connectivity index (χ2v) is 12.6. The molecule has 0 aromatic carbocycles. The van der Waals surface area contributed by atoms with Gasteiger partial charge in [0.15, 0.2) is 0 Å². The van der Waals surface area contributed by atoms with Crippen molar-refractivity contribution in [3.8, 4) is 0 Å². The van der Waals surface area contributed by atoms with Gasteiger partial charge >= 0.3 is 12.1 Å². The number of nitrogens with two attached hydrogens (primary N) is 1. The van der Waals surface area contributed by atoms with E-state index in [0.29, 0.717) is 63.9 Å². The fourth-order valence-electron chi connectivity index (χ4n) is 5.64. The van der Waals surface area contributed by atoms with Crippen molar-refractivity contribution >= 4 is 29.8 Å². The second-order valence-electron chi connectivity index (χ2n) is 12.6. The Labute approximate surface area is 283 Å². The van der Waals surface area contributed by atoms with Crippen molar-refractivity contribution in [2.45, 2.75) is 77.8 Å². The average molecular weight is 685 g/mol. The molecule has 1 saturated carbocycles. The minimum atomic E-state index is -1.14. The Balaban J connectivity index is 1.40. The lowest BCUT2D eigenvalue weighted by Crippen LogP contribution is -2.54. The highest BCUT2D eigenvalue weighted by Crippen LogP contribution is 2.53. The van der Waals surface area contributed by atoms with Gasteiger partial charge in [0, 0.05) is 19.4 Å². The Morgan fingerprint density at radius 1 is 0.875 bits per heavy atom. The van der Waals surface area contributed by atoms with Crippen LogP contribution < -0.4 is 21.7 Å². The van der Waals surface area contributed by atoms with E-state index in [2.05, 4.69) is 29.0 Å². The van der Waals surface area contributed by atoms with E-state index in [9.17, 15) is 24.0 Å². The molecule has 0 bridgehead atoms. The zero-order chi connectivity index (χ0) is 35.3. The molecule has 5 atom stereocenters. The molecule has 48 heavy (non-hydrogen) atoms. The SMILES string of the molecule is C/C1=C/CC[C@H]2[C@@H](CC1)[C@H]2COC(=O)NCCOCCOCCOCCOCCC(=O)N[C@H](CCC(=O)O)C(=O)N[C@H](C(N)=O)C(C)C. The van der Waals surface area contributed by atoms with Gasteiger partial charge in [-0.15, -0.1) is 0 Å². The fourth-order valence-corrected chi connectivity index (χ4v) is 5.64. The number of carboxylic acid groups (broad SMARTS) is 1. The first-order valence-electron chi connectivity index (χ1n) is 17.0. The molecule has 15 nitrogen and oxygen atoms in total. The predicted octanol–water partition coefficient (Wildman–Crippen LogP) is 1.53. The van der Waals surface area contributed by atoms with E-state index < -0.39 is 41.9 Å². The van der Waals surface area contributed by atoms with Crippen molar-refractivity contribution in [2.24, 2.45) is 29.4 Å². The number of aliphatic carboxylic acids is 1. The summed E-state index contributed by atoms with van der Waals surface area (Å²) in [5.41, 5.74) is 6.80. The van der Waals surface area contributed by atoms with Gasteiger partial charge in [-0.2, -0.15) is 0 Å². The van der Waals surface area contributed by atoms with E-state index in [1.54, 1.807) is 13.8 Å². The summed E-state index contributed by atoms with van der Waals surface area (Å²) in [5, 5.41) is 16.7. The van der Waals surface area contributed by atoms with Crippen molar-refractivity contribution in [2.75, 3.05) is 66.0 Å². The molecule has 15 heteroatoms. The quantitative estimate of drug-likeness (QED) is 0.0687. The summed E-state index contributed by atoms with van der Waals surface area (Å²) >= 11 is 0. The maximum Gasteiger partial charge on any atom is 0.407 e. The summed E-state index contributed by atoms with van der Waals surface area (Å²) in [4.78, 5) is 59.5. The van der Waals surface area contributed by atoms with Gasteiger partial charge in [-0.3, -0.25) is 19.2 Å². The smallest absolute Gasteiger partial charge is 0.407 e. The number of nitrogens with one attached hydrogen (secondary N) is 3. The number of carbonyl (C=O) groups excluding carboxylic acids is 4. The van der Waals surface area contributed by atoms with Crippen LogP contribution in [0.15, 0.2) is 11.6 Å². The lowest BCUT2D eigenvalue weighted by molar-refractivity contribution is -0.138. The molecule has 0 spiro atoms. The Kier molecular flexibility index (Phi) is 19.7. The van der Waals surface area contributed by atoms with Crippen LogP contribution in [0.4, 0.5) is 4.79 Å². The van der Waals surface area contributed by atoms with Crippen LogP contribution in [0.3, 0.4) is 0 Å². The van der Waals surface area contributed by atoms with Crippen molar-refractivity contribution in [1.82, 2.24) is 16.0 Å². The van der Waals surface area contributed by atoms with Gasteiger partial charge in [0.2, 0.25) is 17.7 Å². The summed E-state index contributed by atoms with van der Waals surface area (Å²) in [6, 6.07) is -2.09. The summed E-state index contributed by atoms with van der Waals surface area (Å²) < 4.78 is 27.2. The number of alkyl carbamates (subject to hydrolysis) is 1. The van der Waals surface area contributed by atoms with Crippen LogP contribution in [-0.2, 0) is 42.9 Å². The number of hydrogen-bond acceptors (Lipinski definition) is 10. The Bertz CT molecular complexity index is 1050. The molecule has 0 aliphatic heterocycles. The third-order valence-electron chi connectivity index (χ3n) is 8.46. The highest BCUT2D eigenvalue weighted by Gasteiger charge is 2.49. The number of carboxylic acids is 1. The van der Waals surface area contributed by atoms with Crippen molar-refractivity contribution < 1.29 is 52.8 Å². The molecule has 0 aromatic rings. The van der Waals surface area contributed by atoms with Crippen LogP contribution in [0, 0.1) is 23.7 Å². The third-order valence-corrected chi connectivity index (χ3v) is 8.46. The van der Waals surface area contributed by atoms with Crippen LogP contribution in [0.2, 0.25) is 0 Å². The number of hydrogen-bond donors (Lipinski definition) is 5. The molecule has 0 saturated heterocycles. The van der Waals surface area contributed by atoms with Gasteiger partial charge in [-0.25, -0.2) is 4.79 Å². The first-order valence-corrected chi connectivity index (χ1v) is 17.0. The van der Waals surface area contributed by atoms with Crippen LogP contribution in [0.5, 0.6) is 0 Å². The van der Waals surface area contributed by atoms with Gasteiger partial charge in [0.1, 0.15) is 12.1 Å². The maximum absolute atomic E-state index is 12.6. The number of amides is 4. The Hall–Kier alpha value is -3.27. The molecule has 0 heterocycles. The van der Waals surface area contributed by atoms with E-state index in [1.807, 2.05) is 0 Å². The number of carbonyl (C=O) groups is 5. The standard InChI is InChI=1S/C33H56N4O11/c1-22(2)30(31(34)41)37-32(42)27(9-10-29(39)40)36-28(38)11-13-44-15-17-46-19-20-47-18-16-45-14-12-35-33(43)48-21-26-24-6-4-5-23(3)7-8-25(24)26/h5,22,24-27,30H,4,6-21H2,1-3H3,(H2,34,41)(H,35,43)(H,36,38)(H,37,42)(H,39,40)/b23-5-/t24-,25+,26-,27+,30-/m0/s1. The lowest BCUT2D eigenvalue weighted by Gasteiger charge is -2.23. The first-order chi connectivity index (χ1) is 23.0. The largest absolute Gasteiger partial charge is 0.481 e. The molecule has 6 N–H and O–H groups in total. The maximum atomic E-state index is 12.6. The summed E-state index contributed by atoms with van der Waals surface area (Å²) in [6.45, 7) is 8.86. The van der Waals surface area contributed by atoms with Crippen molar-refractivity contribution in [3.63, 3.8) is 0 Å². The zero-order valence-electron chi connectivity index (χ0n) is 28.7. The summed E-state index contributed by atoms with van der Waals surface area (Å²) in [5.74, 6) is -1.44. The Morgan fingerprint density at radius 2 is 1.48 bits per heavy atom. The number of allylic oxidation sites excluding steroid dienone is 2. The minimum Gasteiger partial charge on any atom is -0.481 e. The van der Waals surface area contributed by atoms with Crippen LogP contribution >= 0.6 is 0 Å². The molecule has 2 aliphatic carbocycles. The van der Waals surface area contributed by atoms with Crippen LogP contribution in [0.1, 0.15) is 65.7 Å². The van der Waals surface area contributed by atoms with Crippen LogP contribution in [0.25, 0.3) is 0 Å². The number of ether oxygens (including phenoxy) is 5. The molecule has 0 aromatic heterocycles. The zero-order valence-corrected chi connectivity index (χ0v) is 28.7. The molecule has 274 valence electrons. The van der Waals surface area contributed by atoms with Gasteiger partial charge < -0.3 is 50.5 Å². The number of fused-ring (bicyclic) bond motifs is 1. The molecule has 0 radical (unpaired) electrons. The highest BCUT2D eigenvalue weighted by atomic mass is 16.6. The fraction of sp³-hybridized carbons (Fsp3) is 0.788. The van der Waals surface area contributed by atoms with Crippen LogP contribution in [-0.4, -0.2) is 113 Å². The molecular formula is C33H56N4O11. The van der Waals surface area contributed by atoms with E-state index >= 15 is 0 Å². The molecule has 0 unspecified atom stereocenters. The van der Waals surface area contributed by atoms with Gasteiger partial charge in [0.05, 0.1) is 59.5 Å². The molecule has 2 aliphatic rings. The summed E-state index contributed by atoms with van der Waals surface area (Å²) in [7, 11) is 0. The second kappa shape index (κ2) is 23.1. The molecular weight excluding hydrogens is 628 g/mol. The third kappa shape index (κ3) is 17.2. The van der Waals surface area contributed by atoms with Gasteiger partial charge in [-0.05, 0) is 62.7 Å². The van der Waals surface area contributed by atoms with Gasteiger partial charge in [0.25, 0.3) is 0 Å². The normalized spacial score (nSPS) is 21.0.